The Hall–Kier alpha value is -1.27. The molecule has 0 radical (unpaired) electrons. The number of ether oxygens (including phenoxy) is 2. The molecule has 0 N–H and O–H groups in total. The van der Waals surface area contributed by atoms with Crippen LogP contribution < -0.4 is 44.1 Å². The zero-order chi connectivity index (χ0) is 14.7. The van der Waals surface area contributed by atoms with E-state index in [9.17, 15) is 9.90 Å². The Balaban J connectivity index is 0.00000220. The Kier molecular flexibility index (Phi) is 6.48. The Morgan fingerprint density at radius 3 is 2.38 bits per heavy atom. The average Bonchev–Trinajstić information content (AvgIpc) is 2.45. The molecule has 1 aromatic heterocycles. The first kappa shape index (κ1) is 17.8. The van der Waals surface area contributed by atoms with Crippen LogP contribution in [0, 0.1) is 0 Å². The van der Waals surface area contributed by atoms with Gasteiger partial charge in [0.25, 0.3) is 0 Å². The largest absolute Gasteiger partial charge is 1.00 e. The number of hydrogen-bond donors (Lipinski definition) is 0. The maximum atomic E-state index is 10.9. The van der Waals surface area contributed by atoms with Crippen LogP contribution in [0.2, 0.25) is 5.15 Å². The Bertz CT molecular complexity index is 663. The van der Waals surface area contributed by atoms with Crippen molar-refractivity contribution in [2.45, 2.75) is 0 Å². The smallest absolute Gasteiger partial charge is 0.545 e. The van der Waals surface area contributed by atoms with Gasteiger partial charge in [-0.1, -0.05) is 11.6 Å². The van der Waals surface area contributed by atoms with Crippen LogP contribution in [0.3, 0.4) is 0 Å². The van der Waals surface area contributed by atoms with Gasteiger partial charge >= 0.3 is 29.6 Å². The van der Waals surface area contributed by atoms with Gasteiger partial charge in [0.1, 0.15) is 5.15 Å². The third-order valence-corrected chi connectivity index (χ3v) is 2.90. The minimum atomic E-state index is -1.31. The summed E-state index contributed by atoms with van der Waals surface area (Å²) in [5, 5.41) is 11.0. The molecule has 0 aliphatic heterocycles. The van der Waals surface area contributed by atoms with E-state index in [1.807, 2.05) is 0 Å². The van der Waals surface area contributed by atoms with Crippen LogP contribution in [-0.2, 0) is 0 Å². The topological polar surface area (TPSA) is 71.5 Å². The minimum Gasteiger partial charge on any atom is -0.545 e. The monoisotopic (exact) mass is 315 g/mol. The number of carbonyl (C=O) groups excluding carboxylic acids is 1. The van der Waals surface area contributed by atoms with Crippen LogP contribution in [0.1, 0.15) is 10.4 Å². The molecule has 2 rings (SSSR count). The molecule has 1 aromatic carbocycles. The summed E-state index contributed by atoms with van der Waals surface area (Å²) < 4.78 is 10.3. The summed E-state index contributed by atoms with van der Waals surface area (Å²) in [6.07, 6.45) is 0. The summed E-state index contributed by atoms with van der Waals surface area (Å²) in [5.41, 5.74) is 1.04. The van der Waals surface area contributed by atoms with Gasteiger partial charge in [-0.25, -0.2) is 4.98 Å². The quantitative estimate of drug-likeness (QED) is 0.523. The molecule has 0 atom stereocenters. The minimum absolute atomic E-state index is 0. The molecular weight excluding hydrogens is 305 g/mol. The fraction of sp³-hybridized carbons (Fsp3) is 0.143. The molecule has 0 saturated heterocycles. The summed E-state index contributed by atoms with van der Waals surface area (Å²) in [5.74, 6) is -0.226. The standard InChI is InChI=1S/C14H12ClNO4.Na/c1-19-11-4-3-8(6-12(11)20-2)10-5-9(14(17)18)7-13(15)16-10;/h3-7H,1-2H3,(H,17,18);/q;+1/p-1. The Morgan fingerprint density at radius 2 is 1.81 bits per heavy atom. The molecule has 104 valence electrons. The van der Waals surface area contributed by atoms with E-state index >= 15 is 0 Å². The first-order valence-corrected chi connectivity index (χ1v) is 6.04. The number of aromatic nitrogens is 1. The maximum absolute atomic E-state index is 10.9. The number of halogens is 1. The van der Waals surface area contributed by atoms with Gasteiger partial charge in [0.05, 0.1) is 25.9 Å². The summed E-state index contributed by atoms with van der Waals surface area (Å²) in [6.45, 7) is 0. The van der Waals surface area contributed by atoms with Crippen molar-refractivity contribution in [3.63, 3.8) is 0 Å². The van der Waals surface area contributed by atoms with E-state index < -0.39 is 5.97 Å². The average molecular weight is 316 g/mol. The van der Waals surface area contributed by atoms with Crippen molar-refractivity contribution in [2.75, 3.05) is 14.2 Å². The predicted octanol–water partition coefficient (Wildman–Crippen LogP) is -1.21. The third kappa shape index (κ3) is 4.11. The number of carbonyl (C=O) groups is 1. The van der Waals surface area contributed by atoms with Crippen LogP contribution in [0.25, 0.3) is 11.3 Å². The van der Waals surface area contributed by atoms with Crippen molar-refractivity contribution < 1.29 is 48.9 Å². The second kappa shape index (κ2) is 7.66. The number of carboxylic acids is 1. The van der Waals surface area contributed by atoms with E-state index in [0.29, 0.717) is 22.8 Å². The summed E-state index contributed by atoms with van der Waals surface area (Å²) in [7, 11) is 3.04. The number of pyridine rings is 1. The number of hydrogen-bond acceptors (Lipinski definition) is 5. The first-order chi connectivity index (χ1) is 9.55. The zero-order valence-electron chi connectivity index (χ0n) is 11.8. The van der Waals surface area contributed by atoms with Crippen molar-refractivity contribution in [2.24, 2.45) is 0 Å². The van der Waals surface area contributed by atoms with E-state index in [1.54, 1.807) is 18.2 Å². The van der Waals surface area contributed by atoms with Gasteiger partial charge in [-0.15, -0.1) is 0 Å². The maximum Gasteiger partial charge on any atom is 1.00 e. The number of rotatable bonds is 4. The number of nitrogens with zero attached hydrogens (tertiary/aromatic N) is 1. The van der Waals surface area contributed by atoms with Gasteiger partial charge in [-0.2, -0.15) is 0 Å². The van der Waals surface area contributed by atoms with Gasteiger partial charge in [0.15, 0.2) is 11.5 Å². The van der Waals surface area contributed by atoms with Gasteiger partial charge < -0.3 is 19.4 Å². The van der Waals surface area contributed by atoms with E-state index in [1.165, 1.54) is 26.4 Å². The summed E-state index contributed by atoms with van der Waals surface area (Å²) in [6, 6.07) is 7.76. The summed E-state index contributed by atoms with van der Waals surface area (Å²) >= 11 is 5.82. The second-order valence-corrected chi connectivity index (χ2v) is 4.31. The van der Waals surface area contributed by atoms with Gasteiger partial charge in [0, 0.05) is 11.1 Å². The van der Waals surface area contributed by atoms with E-state index in [0.717, 1.165) is 0 Å². The van der Waals surface area contributed by atoms with Gasteiger partial charge in [-0.3, -0.25) is 0 Å². The molecule has 0 bridgehead atoms. The van der Waals surface area contributed by atoms with Crippen LogP contribution in [0.5, 0.6) is 11.5 Å². The van der Waals surface area contributed by atoms with Crippen LogP contribution in [0.4, 0.5) is 0 Å². The predicted molar refractivity (Wildman–Crippen MR) is 72.1 cm³/mol. The number of aromatic carboxylic acids is 1. The molecule has 2 aromatic rings. The van der Waals surface area contributed by atoms with E-state index in [-0.39, 0.29) is 40.3 Å². The van der Waals surface area contributed by atoms with E-state index in [4.69, 9.17) is 21.1 Å². The first-order valence-electron chi connectivity index (χ1n) is 5.66. The molecule has 0 unspecified atom stereocenters. The number of methoxy groups -OCH3 is 2. The fourth-order valence-electron chi connectivity index (χ4n) is 1.76. The van der Waals surface area contributed by atoms with Crippen molar-refractivity contribution in [3.8, 4) is 22.8 Å². The molecule has 0 amide bonds. The molecule has 7 heteroatoms. The molecular formula is C14H11ClNNaO4. The van der Waals surface area contributed by atoms with Gasteiger partial charge in [-0.05, 0) is 30.3 Å². The zero-order valence-corrected chi connectivity index (χ0v) is 14.6. The van der Waals surface area contributed by atoms with Crippen LogP contribution in [-0.4, -0.2) is 25.2 Å². The van der Waals surface area contributed by atoms with Crippen molar-refractivity contribution >= 4 is 17.6 Å². The molecule has 0 aliphatic rings. The molecule has 0 spiro atoms. The van der Waals surface area contributed by atoms with E-state index in [2.05, 4.69) is 4.98 Å². The normalized spacial score (nSPS) is 9.67. The third-order valence-electron chi connectivity index (χ3n) is 2.71. The number of benzene rings is 1. The van der Waals surface area contributed by atoms with Gasteiger partial charge in [0.2, 0.25) is 0 Å². The SMILES string of the molecule is COc1ccc(-c2cc(C(=O)[O-])cc(Cl)n2)cc1OC.[Na+]. The molecule has 1 heterocycles. The molecule has 5 nitrogen and oxygen atoms in total. The Morgan fingerprint density at radius 1 is 1.14 bits per heavy atom. The van der Waals surface area contributed by atoms with Crippen LogP contribution in [0.15, 0.2) is 30.3 Å². The summed E-state index contributed by atoms with van der Waals surface area (Å²) in [4.78, 5) is 15.0. The number of carboxylic acid groups (broad SMARTS) is 1. The fourth-order valence-corrected chi connectivity index (χ4v) is 1.97. The molecule has 0 saturated carbocycles. The van der Waals surface area contributed by atoms with Crippen LogP contribution >= 0.6 is 11.6 Å². The van der Waals surface area contributed by atoms with Crippen molar-refractivity contribution in [3.05, 3.63) is 41.0 Å². The molecule has 21 heavy (non-hydrogen) atoms. The van der Waals surface area contributed by atoms with Crippen molar-refractivity contribution in [1.82, 2.24) is 4.98 Å². The van der Waals surface area contributed by atoms with Crippen molar-refractivity contribution in [1.29, 1.82) is 0 Å². The molecule has 0 fully saturated rings. The Labute approximate surface area is 149 Å². The molecule has 0 aliphatic carbocycles. The second-order valence-electron chi connectivity index (χ2n) is 3.92.